The molecule has 1 rings (SSSR count). The van der Waals surface area contributed by atoms with Crippen molar-refractivity contribution in [3.63, 3.8) is 0 Å². The number of pyridine rings is 1. The van der Waals surface area contributed by atoms with Gasteiger partial charge in [-0.1, -0.05) is 0 Å². The standard InChI is InChI=1S/C8H3F5INO3/c9-5(10)2-1-3(14)4(7(16)17)15-6(2)18-8(11,12)13/h1,5H,(H,16,17). The molecule has 0 saturated heterocycles. The average molecular weight is 383 g/mol. The molecule has 10 heteroatoms. The molecule has 0 bridgehead atoms. The highest BCUT2D eigenvalue weighted by atomic mass is 127. The SMILES string of the molecule is O=C(O)c1nc(OC(F)(F)F)c(C(F)F)cc1I. The summed E-state index contributed by atoms with van der Waals surface area (Å²) in [5.74, 6) is -3.11. The van der Waals surface area contributed by atoms with Crippen LogP contribution in [0, 0.1) is 3.57 Å². The van der Waals surface area contributed by atoms with Crippen molar-refractivity contribution in [1.82, 2.24) is 4.98 Å². The van der Waals surface area contributed by atoms with E-state index in [9.17, 15) is 26.7 Å². The maximum atomic E-state index is 12.5. The molecule has 0 aromatic carbocycles. The van der Waals surface area contributed by atoms with Crippen molar-refractivity contribution in [2.45, 2.75) is 12.8 Å². The van der Waals surface area contributed by atoms with Crippen LogP contribution in [0.25, 0.3) is 0 Å². The minimum Gasteiger partial charge on any atom is -0.476 e. The molecule has 0 radical (unpaired) electrons. The first-order valence-electron chi connectivity index (χ1n) is 4.09. The van der Waals surface area contributed by atoms with E-state index in [0.29, 0.717) is 6.07 Å². The van der Waals surface area contributed by atoms with E-state index in [1.807, 2.05) is 0 Å². The second-order valence-electron chi connectivity index (χ2n) is 2.87. The van der Waals surface area contributed by atoms with Crippen molar-refractivity contribution in [3.05, 3.63) is 20.9 Å². The topological polar surface area (TPSA) is 59.4 Å². The summed E-state index contributed by atoms with van der Waals surface area (Å²) in [6.45, 7) is 0. The highest BCUT2D eigenvalue weighted by molar-refractivity contribution is 14.1. The zero-order valence-electron chi connectivity index (χ0n) is 8.13. The second kappa shape index (κ2) is 5.20. The Morgan fingerprint density at radius 2 is 2.00 bits per heavy atom. The lowest BCUT2D eigenvalue weighted by Gasteiger charge is -2.13. The predicted molar refractivity (Wildman–Crippen MR) is 55.6 cm³/mol. The smallest absolute Gasteiger partial charge is 0.476 e. The largest absolute Gasteiger partial charge is 0.574 e. The summed E-state index contributed by atoms with van der Waals surface area (Å²) in [5.41, 5.74) is -1.92. The van der Waals surface area contributed by atoms with Gasteiger partial charge in [-0.25, -0.2) is 18.6 Å². The van der Waals surface area contributed by atoms with Crippen LogP contribution in [0.3, 0.4) is 0 Å². The molecule has 18 heavy (non-hydrogen) atoms. The summed E-state index contributed by atoms with van der Waals surface area (Å²) >= 11 is 1.38. The van der Waals surface area contributed by atoms with Crippen molar-refractivity contribution in [2.24, 2.45) is 0 Å². The third-order valence-electron chi connectivity index (χ3n) is 1.62. The van der Waals surface area contributed by atoms with Crippen LogP contribution < -0.4 is 4.74 Å². The zero-order chi connectivity index (χ0) is 14.1. The van der Waals surface area contributed by atoms with E-state index in [4.69, 9.17) is 5.11 Å². The summed E-state index contributed by atoms with van der Waals surface area (Å²) in [4.78, 5) is 13.6. The molecule has 1 N–H and O–H groups in total. The van der Waals surface area contributed by atoms with Gasteiger partial charge in [0.2, 0.25) is 5.88 Å². The molecule has 0 aliphatic heterocycles. The summed E-state index contributed by atoms with van der Waals surface area (Å²) < 4.78 is 63.9. The number of carboxylic acids is 1. The van der Waals surface area contributed by atoms with Crippen LogP contribution in [-0.2, 0) is 0 Å². The minimum atomic E-state index is -5.24. The van der Waals surface area contributed by atoms with E-state index < -0.39 is 35.9 Å². The van der Waals surface area contributed by atoms with E-state index >= 15 is 0 Å². The first-order valence-corrected chi connectivity index (χ1v) is 5.17. The number of aromatic nitrogens is 1. The third-order valence-corrected chi connectivity index (χ3v) is 2.44. The molecule has 0 fully saturated rings. The van der Waals surface area contributed by atoms with Crippen LogP contribution in [0.15, 0.2) is 6.07 Å². The van der Waals surface area contributed by atoms with Crippen molar-refractivity contribution >= 4 is 28.6 Å². The van der Waals surface area contributed by atoms with Crippen LogP contribution in [0.1, 0.15) is 22.5 Å². The third kappa shape index (κ3) is 3.65. The molecular formula is C8H3F5INO3. The Morgan fingerprint density at radius 1 is 1.44 bits per heavy atom. The van der Waals surface area contributed by atoms with Gasteiger partial charge in [0.25, 0.3) is 6.43 Å². The van der Waals surface area contributed by atoms with Gasteiger partial charge in [0.15, 0.2) is 5.69 Å². The second-order valence-corrected chi connectivity index (χ2v) is 4.03. The fourth-order valence-corrected chi connectivity index (χ4v) is 1.67. The fraction of sp³-hybridized carbons (Fsp3) is 0.250. The van der Waals surface area contributed by atoms with Crippen LogP contribution in [0.5, 0.6) is 5.88 Å². The predicted octanol–water partition coefficient (Wildman–Crippen LogP) is 3.22. The lowest BCUT2D eigenvalue weighted by atomic mass is 10.2. The summed E-state index contributed by atoms with van der Waals surface area (Å²) in [6, 6.07) is 0.586. The lowest BCUT2D eigenvalue weighted by Crippen LogP contribution is -2.20. The first kappa shape index (κ1) is 14.9. The van der Waals surface area contributed by atoms with Gasteiger partial charge in [0, 0.05) is 3.57 Å². The van der Waals surface area contributed by atoms with Gasteiger partial charge >= 0.3 is 12.3 Å². The summed E-state index contributed by atoms with van der Waals surface area (Å²) in [6.07, 6.45) is -8.51. The van der Waals surface area contributed by atoms with Gasteiger partial charge in [-0.15, -0.1) is 13.2 Å². The molecule has 1 aromatic heterocycles. The molecule has 100 valence electrons. The molecule has 0 aliphatic rings. The number of carboxylic acid groups (broad SMARTS) is 1. The summed E-state index contributed by atoms with van der Waals surface area (Å²) in [5, 5.41) is 8.63. The number of hydrogen-bond acceptors (Lipinski definition) is 3. The number of ether oxygens (including phenoxy) is 1. The molecule has 0 aliphatic carbocycles. The Kier molecular flexibility index (Phi) is 4.29. The van der Waals surface area contributed by atoms with E-state index in [1.54, 1.807) is 0 Å². The first-order chi connectivity index (χ1) is 8.11. The number of aromatic carboxylic acids is 1. The zero-order valence-corrected chi connectivity index (χ0v) is 10.3. The maximum Gasteiger partial charge on any atom is 0.574 e. The Hall–Kier alpha value is -1.20. The molecule has 1 aromatic rings. The van der Waals surface area contributed by atoms with E-state index in [2.05, 4.69) is 9.72 Å². The Morgan fingerprint density at radius 3 is 2.39 bits per heavy atom. The van der Waals surface area contributed by atoms with Gasteiger partial charge in [-0.3, -0.25) is 0 Å². The summed E-state index contributed by atoms with van der Waals surface area (Å²) in [7, 11) is 0. The fourth-order valence-electron chi connectivity index (χ4n) is 0.984. The normalized spacial score (nSPS) is 11.7. The number of carbonyl (C=O) groups is 1. The van der Waals surface area contributed by atoms with E-state index in [-0.39, 0.29) is 3.57 Å². The van der Waals surface area contributed by atoms with Crippen molar-refractivity contribution < 1.29 is 36.6 Å². The quantitative estimate of drug-likeness (QED) is 0.644. The number of hydrogen-bond donors (Lipinski definition) is 1. The molecule has 1 heterocycles. The van der Waals surface area contributed by atoms with Crippen LogP contribution >= 0.6 is 22.6 Å². The molecule has 0 amide bonds. The van der Waals surface area contributed by atoms with Gasteiger partial charge in [0.05, 0.1) is 5.56 Å². The molecule has 0 spiro atoms. The maximum absolute atomic E-state index is 12.5. The van der Waals surface area contributed by atoms with E-state index in [0.717, 1.165) is 0 Å². The van der Waals surface area contributed by atoms with Gasteiger partial charge in [0.1, 0.15) is 0 Å². The van der Waals surface area contributed by atoms with Gasteiger partial charge in [-0.2, -0.15) is 0 Å². The van der Waals surface area contributed by atoms with Crippen LogP contribution in [0.2, 0.25) is 0 Å². The van der Waals surface area contributed by atoms with E-state index in [1.165, 1.54) is 22.6 Å². The van der Waals surface area contributed by atoms with Crippen molar-refractivity contribution in [3.8, 4) is 5.88 Å². The average Bonchev–Trinajstić information content (AvgIpc) is 2.17. The Bertz CT molecular complexity index is 477. The number of nitrogens with zero attached hydrogens (tertiary/aromatic N) is 1. The molecule has 0 unspecified atom stereocenters. The van der Waals surface area contributed by atoms with Crippen molar-refractivity contribution in [1.29, 1.82) is 0 Å². The number of alkyl halides is 5. The van der Waals surface area contributed by atoms with Crippen molar-refractivity contribution in [2.75, 3.05) is 0 Å². The Balaban J connectivity index is 3.35. The lowest BCUT2D eigenvalue weighted by molar-refractivity contribution is -0.276. The highest BCUT2D eigenvalue weighted by Crippen LogP contribution is 2.33. The Labute approximate surface area is 110 Å². The molecule has 4 nitrogen and oxygen atoms in total. The van der Waals surface area contributed by atoms with Crippen LogP contribution in [0.4, 0.5) is 22.0 Å². The molecule has 0 saturated carbocycles. The van der Waals surface area contributed by atoms with Gasteiger partial charge in [-0.05, 0) is 28.7 Å². The number of rotatable bonds is 3. The van der Waals surface area contributed by atoms with Crippen LogP contribution in [-0.4, -0.2) is 22.4 Å². The molecule has 0 atom stereocenters. The monoisotopic (exact) mass is 383 g/mol. The highest BCUT2D eigenvalue weighted by Gasteiger charge is 2.35. The minimum absolute atomic E-state index is 0.218. The van der Waals surface area contributed by atoms with Gasteiger partial charge < -0.3 is 9.84 Å². The number of halogens is 6. The molecular weight excluding hydrogens is 380 g/mol.